The van der Waals surface area contributed by atoms with Crippen molar-refractivity contribution in [1.82, 2.24) is 9.55 Å². The third-order valence-corrected chi connectivity index (χ3v) is 6.00. The molecule has 0 bridgehead atoms. The summed E-state index contributed by atoms with van der Waals surface area (Å²) >= 11 is 0. The molecule has 1 aromatic heterocycles. The Labute approximate surface area is 185 Å². The molecule has 1 aliphatic rings. The Kier molecular flexibility index (Phi) is 7.68. The Morgan fingerprint density at radius 1 is 1.31 bits per heavy atom. The average Bonchev–Trinajstić information content (AvgIpc) is 2.72. The lowest BCUT2D eigenvalue weighted by Crippen LogP contribution is -2.35. The van der Waals surface area contributed by atoms with Gasteiger partial charge in [-0.05, 0) is 44.0 Å². The SMILES string of the molecule is CC(C)OC(=O)[C@@H](N)Cc1ccc(O[P@@]2(=O)CO[C@@H](Cn3ccc(N)nc3=O)CO2)cc1. The average molecular weight is 466 g/mol. The van der Waals surface area contributed by atoms with Gasteiger partial charge >= 0.3 is 19.3 Å². The lowest BCUT2D eigenvalue weighted by molar-refractivity contribution is -0.148. The molecule has 1 aromatic carbocycles. The molecule has 2 heterocycles. The fourth-order valence-corrected chi connectivity index (χ4v) is 4.35. The molecule has 11 nitrogen and oxygen atoms in total. The quantitative estimate of drug-likeness (QED) is 0.429. The molecule has 0 spiro atoms. The van der Waals surface area contributed by atoms with Crippen LogP contribution in [0.25, 0.3) is 0 Å². The van der Waals surface area contributed by atoms with Crippen molar-refractivity contribution in [3.8, 4) is 5.75 Å². The molecule has 0 aliphatic carbocycles. The number of nitrogen functional groups attached to an aromatic ring is 1. The first-order valence-corrected chi connectivity index (χ1v) is 11.8. The predicted molar refractivity (Wildman–Crippen MR) is 116 cm³/mol. The van der Waals surface area contributed by atoms with E-state index in [0.29, 0.717) is 12.2 Å². The van der Waals surface area contributed by atoms with E-state index < -0.39 is 31.4 Å². The topological polar surface area (TPSA) is 158 Å². The van der Waals surface area contributed by atoms with Crippen LogP contribution in [0.15, 0.2) is 41.3 Å². The van der Waals surface area contributed by atoms with Crippen LogP contribution in [0.4, 0.5) is 5.82 Å². The zero-order chi connectivity index (χ0) is 23.3. The summed E-state index contributed by atoms with van der Waals surface area (Å²) in [7, 11) is -3.52. The first-order chi connectivity index (χ1) is 15.1. The Balaban J connectivity index is 1.51. The third-order valence-electron chi connectivity index (χ3n) is 4.50. The third kappa shape index (κ3) is 6.64. The van der Waals surface area contributed by atoms with E-state index in [-0.39, 0.29) is 31.4 Å². The van der Waals surface area contributed by atoms with Crippen LogP contribution in [0.1, 0.15) is 19.4 Å². The number of carbonyl (C=O) groups is 1. The number of hydrogen-bond donors (Lipinski definition) is 2. The van der Waals surface area contributed by atoms with Gasteiger partial charge in [0.15, 0.2) is 6.35 Å². The van der Waals surface area contributed by atoms with Crippen LogP contribution in [0.3, 0.4) is 0 Å². The number of aromatic nitrogens is 2. The van der Waals surface area contributed by atoms with Crippen LogP contribution >= 0.6 is 7.60 Å². The fourth-order valence-electron chi connectivity index (χ4n) is 2.94. The number of esters is 1. The minimum atomic E-state index is -3.52. The van der Waals surface area contributed by atoms with Gasteiger partial charge in [-0.3, -0.25) is 13.9 Å². The maximum Gasteiger partial charge on any atom is 0.404 e. The number of nitrogens with two attached hydrogens (primary N) is 2. The second-order valence-electron chi connectivity index (χ2n) is 7.64. The minimum absolute atomic E-state index is 0.0149. The molecule has 12 heteroatoms. The van der Waals surface area contributed by atoms with E-state index in [1.165, 1.54) is 16.8 Å². The van der Waals surface area contributed by atoms with Gasteiger partial charge in [-0.1, -0.05) is 12.1 Å². The highest BCUT2D eigenvalue weighted by atomic mass is 31.2. The Morgan fingerprint density at radius 3 is 2.62 bits per heavy atom. The van der Waals surface area contributed by atoms with Gasteiger partial charge in [0.2, 0.25) is 0 Å². The van der Waals surface area contributed by atoms with Gasteiger partial charge in [-0.25, -0.2) is 9.36 Å². The molecule has 3 atom stereocenters. The Bertz CT molecular complexity index is 1030. The molecule has 2 aromatic rings. The van der Waals surface area contributed by atoms with E-state index in [0.717, 1.165) is 5.56 Å². The normalized spacial score (nSPS) is 21.8. The molecule has 1 saturated heterocycles. The summed E-state index contributed by atoms with van der Waals surface area (Å²) in [6, 6.07) is 7.40. The van der Waals surface area contributed by atoms with E-state index in [1.54, 1.807) is 38.1 Å². The van der Waals surface area contributed by atoms with Crippen molar-refractivity contribution in [1.29, 1.82) is 0 Å². The number of nitrogens with zero attached hydrogens (tertiary/aromatic N) is 2. The van der Waals surface area contributed by atoms with Crippen molar-refractivity contribution in [3.05, 3.63) is 52.6 Å². The summed E-state index contributed by atoms with van der Waals surface area (Å²) in [6.45, 7) is 3.68. The Morgan fingerprint density at radius 2 is 2.03 bits per heavy atom. The van der Waals surface area contributed by atoms with Crippen molar-refractivity contribution in [2.24, 2.45) is 5.73 Å². The monoisotopic (exact) mass is 466 g/mol. The molecular weight excluding hydrogens is 439 g/mol. The van der Waals surface area contributed by atoms with Crippen molar-refractivity contribution in [2.45, 2.75) is 45.1 Å². The van der Waals surface area contributed by atoms with Gasteiger partial charge < -0.3 is 25.5 Å². The lowest BCUT2D eigenvalue weighted by Gasteiger charge is -2.29. The van der Waals surface area contributed by atoms with E-state index in [4.69, 9.17) is 30.0 Å². The molecule has 0 radical (unpaired) electrons. The van der Waals surface area contributed by atoms with Crippen molar-refractivity contribution in [3.63, 3.8) is 0 Å². The second-order valence-corrected chi connectivity index (χ2v) is 9.56. The fraction of sp³-hybridized carbons (Fsp3) is 0.450. The molecule has 0 saturated carbocycles. The van der Waals surface area contributed by atoms with Crippen molar-refractivity contribution < 1.29 is 27.9 Å². The maximum absolute atomic E-state index is 12.8. The van der Waals surface area contributed by atoms with Crippen LogP contribution in [0.5, 0.6) is 5.75 Å². The summed E-state index contributed by atoms with van der Waals surface area (Å²) in [4.78, 5) is 27.3. The van der Waals surface area contributed by atoms with Gasteiger partial charge in [-0.15, -0.1) is 0 Å². The summed E-state index contributed by atoms with van der Waals surface area (Å²) in [5, 5.41) is 0. The summed E-state index contributed by atoms with van der Waals surface area (Å²) < 4.78 is 35.8. The van der Waals surface area contributed by atoms with Crippen LogP contribution in [-0.2, 0) is 36.3 Å². The number of anilines is 1. The molecule has 32 heavy (non-hydrogen) atoms. The smallest absolute Gasteiger partial charge is 0.404 e. The zero-order valence-corrected chi connectivity index (χ0v) is 18.8. The molecule has 174 valence electrons. The number of ether oxygens (including phenoxy) is 2. The van der Waals surface area contributed by atoms with Crippen LogP contribution in [-0.4, -0.2) is 46.7 Å². The molecule has 0 amide bonds. The second kappa shape index (κ2) is 10.3. The molecule has 0 unspecified atom stereocenters. The number of benzene rings is 1. The molecule has 1 fully saturated rings. The van der Waals surface area contributed by atoms with E-state index in [2.05, 4.69) is 4.98 Å². The van der Waals surface area contributed by atoms with Crippen molar-refractivity contribution in [2.75, 3.05) is 18.7 Å². The summed E-state index contributed by atoms with van der Waals surface area (Å²) in [5.41, 5.74) is 11.6. The predicted octanol–water partition coefficient (Wildman–Crippen LogP) is 1.29. The molecule has 1 aliphatic heterocycles. The van der Waals surface area contributed by atoms with Gasteiger partial charge in [-0.2, -0.15) is 4.98 Å². The van der Waals surface area contributed by atoms with Gasteiger partial charge in [0.1, 0.15) is 23.7 Å². The highest BCUT2D eigenvalue weighted by Crippen LogP contribution is 2.50. The maximum atomic E-state index is 12.8. The first-order valence-electron chi connectivity index (χ1n) is 10.1. The number of hydrogen-bond acceptors (Lipinski definition) is 10. The standard InChI is InChI=1S/C20H27N4O7P/c1-13(2)30-19(25)17(21)9-14-3-5-15(6-4-14)31-32(27)12-28-16(11-29-32)10-24-8-7-18(22)23-20(24)26/h3-8,13,16-17H,9-12,21H2,1-2H3,(H2,22,23,26)/t16-,17-,32+/m0/s1. The lowest BCUT2D eigenvalue weighted by atomic mass is 10.1. The van der Waals surface area contributed by atoms with E-state index in [9.17, 15) is 14.2 Å². The van der Waals surface area contributed by atoms with E-state index >= 15 is 0 Å². The largest absolute Gasteiger partial charge is 0.462 e. The molecular formula is C20H27N4O7P. The number of carbonyl (C=O) groups excluding carboxylic acids is 1. The summed E-state index contributed by atoms with van der Waals surface area (Å²) in [6.07, 6.45) is 0.822. The Hall–Kier alpha value is -2.72. The van der Waals surface area contributed by atoms with Crippen LogP contribution in [0, 0.1) is 0 Å². The summed E-state index contributed by atoms with van der Waals surface area (Å²) in [5.74, 6) is -0.00559. The highest BCUT2D eigenvalue weighted by molar-refractivity contribution is 7.54. The molecule has 4 N–H and O–H groups in total. The number of rotatable bonds is 8. The molecule has 3 rings (SSSR count). The zero-order valence-electron chi connectivity index (χ0n) is 17.9. The highest BCUT2D eigenvalue weighted by Gasteiger charge is 2.35. The van der Waals surface area contributed by atoms with E-state index in [1.807, 2.05) is 0 Å². The van der Waals surface area contributed by atoms with Gasteiger partial charge in [0.05, 0.1) is 19.3 Å². The van der Waals surface area contributed by atoms with Crippen LogP contribution < -0.4 is 21.7 Å². The van der Waals surface area contributed by atoms with Gasteiger partial charge in [0.25, 0.3) is 0 Å². The van der Waals surface area contributed by atoms with Gasteiger partial charge in [0, 0.05) is 6.20 Å². The first kappa shape index (κ1) is 23.9. The minimum Gasteiger partial charge on any atom is -0.462 e. The van der Waals surface area contributed by atoms with Crippen LogP contribution in [0.2, 0.25) is 0 Å². The van der Waals surface area contributed by atoms with Crippen molar-refractivity contribution >= 4 is 19.4 Å².